The summed E-state index contributed by atoms with van der Waals surface area (Å²) in [5.41, 5.74) is 3.47. The average molecular weight is 551 g/mol. The van der Waals surface area contributed by atoms with Crippen molar-refractivity contribution in [2.75, 3.05) is 10.6 Å². The first kappa shape index (κ1) is 26.8. The summed E-state index contributed by atoms with van der Waals surface area (Å²) in [6.45, 7) is 0. The lowest BCUT2D eigenvalue weighted by molar-refractivity contribution is -0.138. The van der Waals surface area contributed by atoms with Gasteiger partial charge in [0.25, 0.3) is 0 Å². The van der Waals surface area contributed by atoms with Gasteiger partial charge in [-0.2, -0.15) is 4.72 Å². The second-order valence-corrected chi connectivity index (χ2v) is 10.3. The van der Waals surface area contributed by atoms with Crippen LogP contribution in [-0.4, -0.2) is 36.6 Å². The predicted molar refractivity (Wildman–Crippen MR) is 146 cm³/mol. The highest BCUT2D eigenvalue weighted by Crippen LogP contribution is 2.24. The lowest BCUT2D eigenvalue weighted by Crippen LogP contribution is -2.42. The summed E-state index contributed by atoms with van der Waals surface area (Å²) < 4.78 is 27.6. The van der Waals surface area contributed by atoms with Gasteiger partial charge in [-0.05, 0) is 59.5 Å². The van der Waals surface area contributed by atoms with Crippen LogP contribution in [0.15, 0.2) is 102 Å². The number of carbonyl (C=O) groups is 2. The number of aromatic nitrogens is 1. The number of nitrogens with zero attached hydrogens (tertiary/aromatic N) is 1. The molecule has 1 atom stereocenters. The minimum Gasteiger partial charge on any atom is -0.480 e. The molecule has 0 bridgehead atoms. The lowest BCUT2D eigenvalue weighted by Gasteiger charge is -2.16. The first-order valence-electron chi connectivity index (χ1n) is 11.4. The molecule has 0 aliphatic rings. The molecule has 0 fully saturated rings. The number of carboxylic acid groups (broad SMARTS) is 1. The highest BCUT2D eigenvalue weighted by molar-refractivity contribution is 7.89. The molecule has 3 aromatic carbocycles. The third kappa shape index (κ3) is 6.94. The maximum Gasteiger partial charge on any atom is 0.323 e. The molecule has 4 rings (SSSR count). The predicted octanol–water partition coefficient (Wildman–Crippen LogP) is 5.02. The molecule has 0 unspecified atom stereocenters. The smallest absolute Gasteiger partial charge is 0.323 e. The molecule has 0 aliphatic heterocycles. The Bertz CT molecular complexity index is 1550. The van der Waals surface area contributed by atoms with Crippen molar-refractivity contribution in [3.63, 3.8) is 0 Å². The fraction of sp³-hybridized carbons (Fsp3) is 0.0741. The number of hydrogen-bond donors (Lipinski definition) is 4. The number of halogens is 1. The Labute approximate surface area is 224 Å². The minimum atomic E-state index is -4.15. The molecule has 11 heteroatoms. The molecule has 2 amide bonds. The van der Waals surface area contributed by atoms with Crippen LogP contribution < -0.4 is 15.4 Å². The van der Waals surface area contributed by atoms with Gasteiger partial charge in [0.05, 0.1) is 5.02 Å². The van der Waals surface area contributed by atoms with Gasteiger partial charge < -0.3 is 15.7 Å². The fourth-order valence-corrected chi connectivity index (χ4v) is 5.38. The van der Waals surface area contributed by atoms with Crippen LogP contribution in [0, 0.1) is 0 Å². The highest BCUT2D eigenvalue weighted by Gasteiger charge is 2.27. The van der Waals surface area contributed by atoms with E-state index in [2.05, 4.69) is 20.3 Å². The summed E-state index contributed by atoms with van der Waals surface area (Å²) in [5.74, 6) is -1.31. The van der Waals surface area contributed by atoms with E-state index >= 15 is 0 Å². The maximum atomic E-state index is 12.7. The second-order valence-electron chi connectivity index (χ2n) is 8.24. The molecular formula is C27H23ClN4O5S. The Morgan fingerprint density at radius 2 is 1.53 bits per heavy atom. The maximum absolute atomic E-state index is 12.7. The van der Waals surface area contributed by atoms with Crippen LogP contribution >= 0.6 is 11.6 Å². The van der Waals surface area contributed by atoms with Gasteiger partial charge in [-0.3, -0.25) is 9.78 Å². The number of carboxylic acids is 1. The highest BCUT2D eigenvalue weighted by atomic mass is 35.5. The number of sulfonamides is 1. The van der Waals surface area contributed by atoms with Gasteiger partial charge >= 0.3 is 12.0 Å². The van der Waals surface area contributed by atoms with Crippen LogP contribution in [0.5, 0.6) is 0 Å². The monoisotopic (exact) mass is 550 g/mol. The number of carbonyl (C=O) groups excluding carboxylic acids is 1. The van der Waals surface area contributed by atoms with E-state index in [0.29, 0.717) is 16.9 Å². The molecule has 4 aromatic rings. The normalized spacial score (nSPS) is 11.9. The summed E-state index contributed by atoms with van der Waals surface area (Å²) in [4.78, 5) is 27.8. The van der Waals surface area contributed by atoms with Crippen molar-refractivity contribution in [2.45, 2.75) is 17.4 Å². The molecule has 0 saturated heterocycles. The molecule has 38 heavy (non-hydrogen) atoms. The molecule has 1 heterocycles. The summed E-state index contributed by atoms with van der Waals surface area (Å²) in [6, 6.07) is 21.7. The summed E-state index contributed by atoms with van der Waals surface area (Å²) in [5, 5.41) is 15.1. The number of rotatable bonds is 9. The summed E-state index contributed by atoms with van der Waals surface area (Å²) in [6.07, 6.45) is 3.08. The van der Waals surface area contributed by atoms with Gasteiger partial charge in [0.2, 0.25) is 10.0 Å². The van der Waals surface area contributed by atoms with Crippen LogP contribution in [-0.2, 0) is 21.2 Å². The Kier molecular flexibility index (Phi) is 8.37. The Morgan fingerprint density at radius 3 is 2.21 bits per heavy atom. The Morgan fingerprint density at radius 1 is 0.842 bits per heavy atom. The van der Waals surface area contributed by atoms with E-state index in [1.165, 1.54) is 18.2 Å². The Balaban J connectivity index is 1.44. The van der Waals surface area contributed by atoms with Gasteiger partial charge in [0.15, 0.2) is 0 Å². The van der Waals surface area contributed by atoms with Crippen molar-refractivity contribution >= 4 is 45.0 Å². The number of urea groups is 1. The SMILES string of the molecule is O=C(Nc1ccncc1)Nc1cccc(-c2ccc(C[C@@H](NS(=O)(=O)c3ccccc3Cl)C(=O)O)cc2)c1. The summed E-state index contributed by atoms with van der Waals surface area (Å²) in [7, 11) is -4.15. The zero-order chi connectivity index (χ0) is 27.1. The zero-order valence-corrected chi connectivity index (χ0v) is 21.4. The first-order chi connectivity index (χ1) is 18.2. The average Bonchev–Trinajstić information content (AvgIpc) is 2.89. The van der Waals surface area contributed by atoms with Gasteiger partial charge in [0, 0.05) is 23.8 Å². The number of benzene rings is 3. The van der Waals surface area contributed by atoms with Crippen LogP contribution in [0.2, 0.25) is 5.02 Å². The van der Waals surface area contributed by atoms with Crippen molar-refractivity contribution in [1.82, 2.24) is 9.71 Å². The third-order valence-corrected chi connectivity index (χ3v) is 7.48. The number of anilines is 2. The van der Waals surface area contributed by atoms with Crippen molar-refractivity contribution in [2.24, 2.45) is 0 Å². The van der Waals surface area contributed by atoms with Crippen molar-refractivity contribution < 1.29 is 23.1 Å². The molecule has 4 N–H and O–H groups in total. The number of hydrogen-bond acceptors (Lipinski definition) is 5. The van der Waals surface area contributed by atoms with E-state index in [-0.39, 0.29) is 16.3 Å². The van der Waals surface area contributed by atoms with Crippen LogP contribution in [0.3, 0.4) is 0 Å². The van der Waals surface area contributed by atoms with Crippen LogP contribution in [0.4, 0.5) is 16.2 Å². The number of pyridine rings is 1. The van der Waals surface area contributed by atoms with Crippen LogP contribution in [0.25, 0.3) is 11.1 Å². The van der Waals surface area contributed by atoms with Crippen LogP contribution in [0.1, 0.15) is 5.56 Å². The van der Waals surface area contributed by atoms with E-state index in [1.807, 2.05) is 6.07 Å². The molecule has 194 valence electrons. The van der Waals surface area contributed by atoms with Gasteiger partial charge in [-0.15, -0.1) is 0 Å². The van der Waals surface area contributed by atoms with E-state index in [4.69, 9.17) is 11.6 Å². The standard InChI is InChI=1S/C27H23ClN4O5S/c28-23-6-1-2-7-25(23)38(36,37)32-24(26(33)34)16-18-8-10-19(11-9-18)20-4-3-5-22(17-20)31-27(35)30-21-12-14-29-15-13-21/h1-15,17,24,32H,16H2,(H,33,34)(H2,29,30,31,35)/t24-/m1/s1. The van der Waals surface area contributed by atoms with Gasteiger partial charge in [-0.25, -0.2) is 13.2 Å². The van der Waals surface area contributed by atoms with Gasteiger partial charge in [0.1, 0.15) is 10.9 Å². The number of amides is 2. The topological polar surface area (TPSA) is 137 Å². The molecular weight excluding hydrogens is 528 g/mol. The molecule has 9 nitrogen and oxygen atoms in total. The third-order valence-electron chi connectivity index (χ3n) is 5.51. The summed E-state index contributed by atoms with van der Waals surface area (Å²) >= 11 is 5.99. The fourth-order valence-electron chi connectivity index (χ4n) is 3.67. The van der Waals surface area contributed by atoms with Crippen molar-refractivity contribution in [3.8, 4) is 11.1 Å². The Hall–Kier alpha value is -4.25. The van der Waals surface area contributed by atoms with E-state index in [0.717, 1.165) is 11.1 Å². The lowest BCUT2D eigenvalue weighted by atomic mass is 10.0. The minimum absolute atomic E-state index is 0.0000545. The largest absolute Gasteiger partial charge is 0.480 e. The number of nitrogens with one attached hydrogen (secondary N) is 3. The second kappa shape index (κ2) is 11.9. The number of aliphatic carboxylic acids is 1. The molecule has 0 spiro atoms. The van der Waals surface area contributed by atoms with E-state index in [1.54, 1.807) is 73.1 Å². The zero-order valence-electron chi connectivity index (χ0n) is 19.8. The molecule has 0 radical (unpaired) electrons. The quantitative estimate of drug-likeness (QED) is 0.231. The van der Waals surface area contributed by atoms with E-state index < -0.39 is 28.1 Å². The molecule has 1 aromatic heterocycles. The van der Waals surface area contributed by atoms with E-state index in [9.17, 15) is 23.1 Å². The molecule has 0 aliphatic carbocycles. The van der Waals surface area contributed by atoms with Crippen molar-refractivity contribution in [3.05, 3.63) is 108 Å². The first-order valence-corrected chi connectivity index (χ1v) is 13.2. The van der Waals surface area contributed by atoms with Crippen molar-refractivity contribution in [1.29, 1.82) is 0 Å². The molecule has 0 saturated carbocycles. The van der Waals surface area contributed by atoms with Gasteiger partial charge in [-0.1, -0.05) is 60.1 Å².